The lowest BCUT2D eigenvalue weighted by Crippen LogP contribution is -2.63. The number of rotatable bonds is 24. The molecular weight excluding hydrogens is 1750 g/mol. The number of aliphatic hydroxyl groups is 7. The van der Waals surface area contributed by atoms with Crippen LogP contribution in [0.3, 0.4) is 0 Å². The quantitative estimate of drug-likeness (QED) is 0.0148. The summed E-state index contributed by atoms with van der Waals surface area (Å²) in [6.07, 6.45) is -34.2. The van der Waals surface area contributed by atoms with Crippen LogP contribution in [-0.4, -0.2) is 261 Å². The highest BCUT2D eigenvalue weighted by atomic mass is 31.2. The van der Waals surface area contributed by atoms with Gasteiger partial charge in [0.05, 0.1) is 76.0 Å². The monoisotopic (exact) mass is 1880 g/mol. The van der Waals surface area contributed by atoms with Crippen molar-refractivity contribution in [1.29, 1.82) is 5.26 Å². The van der Waals surface area contributed by atoms with Gasteiger partial charge in [0.15, 0.2) is 30.9 Å². The molecule has 25 nitrogen and oxygen atoms in total. The van der Waals surface area contributed by atoms with Crippen molar-refractivity contribution in [1.82, 2.24) is 4.67 Å². The third-order valence-electron chi connectivity index (χ3n) is 22.9. The van der Waals surface area contributed by atoms with Crippen LogP contribution in [-0.2, 0) is 75.4 Å². The van der Waals surface area contributed by atoms with Crippen molar-refractivity contribution in [3.05, 3.63) is 155 Å². The van der Waals surface area contributed by atoms with Crippen LogP contribution in [0.5, 0.6) is 0 Å². The molecule has 13 rings (SSSR count). The molecule has 4 aromatic rings. The van der Waals surface area contributed by atoms with Gasteiger partial charge in [-0.25, -0.2) is 48.6 Å². The number of benzene rings is 4. The number of methoxy groups -OCH3 is 2. The molecule has 9 fully saturated rings. The second-order valence-corrected chi connectivity index (χ2v) is 33.3. The average Bonchev–Trinajstić information content (AvgIpc) is 0.779. The topological polar surface area (TPSA) is 316 Å². The highest BCUT2D eigenvalue weighted by molar-refractivity contribution is 7.44. The van der Waals surface area contributed by atoms with E-state index < -0.39 is 176 Å². The molecule has 9 aliphatic heterocycles. The second kappa shape index (κ2) is 58.8. The molecule has 38 heteroatoms. The Balaban J connectivity index is 0.000000318. The lowest BCUT2D eigenvalue weighted by atomic mass is 9.78. The molecule has 9 aliphatic rings. The van der Waals surface area contributed by atoms with Gasteiger partial charge in [-0.1, -0.05) is 206 Å². The van der Waals surface area contributed by atoms with Gasteiger partial charge in [-0.15, -0.1) is 0 Å². The largest absolute Gasteiger partial charge is 0.489 e. The number of halogens is 12. The van der Waals surface area contributed by atoms with Crippen molar-refractivity contribution in [2.45, 2.75) is 321 Å². The molecule has 6 unspecified atom stereocenters. The molecule has 0 bridgehead atoms. The van der Waals surface area contributed by atoms with Gasteiger partial charge in [-0.05, 0) is 62.2 Å². The molecule has 0 spiro atoms. The maximum Gasteiger partial charge on any atom is 0.307 e. The summed E-state index contributed by atoms with van der Waals surface area (Å²) >= 11 is 0. The number of fused-ring (bicyclic) bond motifs is 3. The molecule has 9 saturated heterocycles. The van der Waals surface area contributed by atoms with Gasteiger partial charge in [0.25, 0.3) is 40.7 Å². The average molecular weight is 1890 g/mol. The molecule has 7 N–H and O–H groups in total. The van der Waals surface area contributed by atoms with Crippen molar-refractivity contribution in [2.24, 2.45) is 29.6 Å². The number of hydrogen-bond acceptors (Lipinski definition) is 25. The highest BCUT2D eigenvalue weighted by Crippen LogP contribution is 2.49. The van der Waals surface area contributed by atoms with Crippen LogP contribution in [0, 0.1) is 40.9 Å². The zero-order valence-electron chi connectivity index (χ0n) is 72.4. The molecule has 0 amide bonds. The minimum absolute atomic E-state index is 0. The number of nitrogens with zero attached hydrogens (tertiary/aromatic N) is 2. The minimum atomic E-state index is -2.99. The fraction of sp³-hybridized carbons (Fsp3) is 0.703. The van der Waals surface area contributed by atoms with E-state index in [0.29, 0.717) is 44.8 Å². The lowest BCUT2D eigenvalue weighted by molar-refractivity contribution is -0.337. The van der Waals surface area contributed by atoms with E-state index in [1.165, 1.54) is 0 Å². The lowest BCUT2D eigenvalue weighted by Gasteiger charge is -2.46. The molecule has 0 saturated carbocycles. The molecule has 4 aromatic carbocycles. The normalized spacial score (nSPS) is 33.6. The van der Waals surface area contributed by atoms with E-state index in [9.17, 15) is 68.0 Å². The Morgan fingerprint density at radius 1 is 0.473 bits per heavy atom. The van der Waals surface area contributed by atoms with Crippen LogP contribution in [0.2, 0.25) is 0 Å². The summed E-state index contributed by atoms with van der Waals surface area (Å²) in [6, 6.07) is 39.9. The van der Waals surface area contributed by atoms with Crippen LogP contribution in [0.15, 0.2) is 133 Å². The zero-order chi connectivity index (χ0) is 92.6. The third kappa shape index (κ3) is 33.5. The van der Waals surface area contributed by atoms with Crippen molar-refractivity contribution < 1.29 is 164 Å². The Labute approximate surface area is 752 Å². The molecule has 738 valence electrons. The van der Waals surface area contributed by atoms with E-state index in [1.54, 1.807) is 40.2 Å². The summed E-state index contributed by atoms with van der Waals surface area (Å²) in [7, 11) is 1.92. The molecular formula is C91H137F12N2O23P. The van der Waals surface area contributed by atoms with Crippen molar-refractivity contribution in [2.75, 3.05) is 60.3 Å². The first-order valence-electron chi connectivity index (χ1n) is 42.6. The Kier molecular flexibility index (Phi) is 52.8. The van der Waals surface area contributed by atoms with E-state index >= 15 is 0 Å². The van der Waals surface area contributed by atoms with E-state index in [-0.39, 0.29) is 102 Å². The maximum atomic E-state index is 13.2. The predicted molar refractivity (Wildman–Crippen MR) is 454 cm³/mol. The minimum Gasteiger partial charge on any atom is -0.489 e. The first-order chi connectivity index (χ1) is 60.2. The SMILES string of the molecule is C.C.C.CCCN(CCC)P(OCCC#N)O[C@H]1C[C@H](C)C(C(F)F)O[C@@H]1CC.CC[C@H]1OC(=C(F)F)[C@H](C)[C@@H](C)[C@@H]1C.COC(OC)c1ccccc1.C[C@H]1C[C@@H]2O[C@H](c3ccccc3)OC[C@H]2OC1C(F)F.OC[C@H]1OC(C(F)F)[C@H](O)[C@@H](O)[C@@H]1O.O[C@@H]1C[C@@H]2O[C@H](c3ccccc3)OC[C@H]2OC1C(F)F.O[C@H]1[C@@H]2O[C@H](c3ccccc3)OC[C@H]2OC(C(F)F)[C@@H]1O. The molecule has 0 aliphatic carbocycles. The summed E-state index contributed by atoms with van der Waals surface area (Å²) in [4.78, 5) is 0. The van der Waals surface area contributed by atoms with E-state index in [0.717, 1.165) is 54.6 Å². The Morgan fingerprint density at radius 2 is 0.884 bits per heavy atom. The summed E-state index contributed by atoms with van der Waals surface area (Å²) in [5, 5.41) is 74.3. The molecule has 9 heterocycles. The standard InChI is InChI=1S/C18H33F2N2O3P.C15H18F2O3.C14H16F2O5.C14H16F2O4.C11H18F2O.C9H12O2.C7H12F2O5.3CH4/c1-5-10-22(11-6-2)26(23-12-8-9-21)25-16-13-14(4)17(18(19)20)24-15(16)7-3;1-9-7-11-12(19-13(9)14(16)17)8-18-15(20-11)10-5-3-2-4-6-10;15-13(16)12-10(18)9(17)11-8(20-12)6-19-14(21-11)7-4-2-1-3-5-7;15-13(16)12-9(17)6-10-11(19-12)7-18-14(20-10)8-4-2-1-3-5-8;1-5-9-7(3)6(2)8(4)10(14-9)11(12)13;1-10-9(11-2)8-6-4-3-5-7-8;8-7(9)6-5(13)4(12)3(11)2(1-10)14-6;;;/h14-18H,5-8,10-13H2,1-4H3;2-6,9,11-15H,7-8H2,1H3;1-5,8-14,17-18H,6H2;1-5,9-14,17H,6-7H2;6-9H,5H2,1-4H3;3-7,9H,1-2H3;2-7,10-13H,1H2;3*1H4/t14-,15+,16-,17?,26?;9-,11-,12+,13?,15+;8-,9-,10-,11-,12?,14-;9-,10+,11-,12?,14-;6-,7-,8+,9+;;2-,3-,4+,5-,6?;;;/m00110.1.../s1. The summed E-state index contributed by atoms with van der Waals surface area (Å²) in [6.45, 7) is 19.3. The summed E-state index contributed by atoms with van der Waals surface area (Å²) in [5.74, 6) is -0.154. The van der Waals surface area contributed by atoms with Gasteiger partial charge in [0.1, 0.15) is 97.7 Å². The number of alkyl halides is 10. The summed E-state index contributed by atoms with van der Waals surface area (Å²) < 4.78 is 242. The Morgan fingerprint density at radius 3 is 1.33 bits per heavy atom. The highest BCUT2D eigenvalue weighted by Gasteiger charge is 2.53. The third-order valence-corrected chi connectivity index (χ3v) is 24.6. The van der Waals surface area contributed by atoms with Crippen LogP contribution in [0.1, 0.15) is 183 Å². The van der Waals surface area contributed by atoms with Gasteiger partial charge in [0.2, 0.25) is 0 Å². The molecule has 0 aromatic heterocycles. The van der Waals surface area contributed by atoms with E-state index in [1.807, 2.05) is 137 Å². The van der Waals surface area contributed by atoms with E-state index in [2.05, 4.69) is 36.2 Å². The number of nitriles is 1. The summed E-state index contributed by atoms with van der Waals surface area (Å²) in [5.41, 5.74) is 3.58. The predicted octanol–water partition coefficient (Wildman–Crippen LogP) is 16.8. The fourth-order valence-electron chi connectivity index (χ4n) is 15.6. The van der Waals surface area contributed by atoms with Crippen LogP contribution in [0.4, 0.5) is 52.7 Å². The number of allylic oxidation sites excluding steroid dienone is 1. The fourth-order valence-corrected chi connectivity index (χ4v) is 17.3. The number of hydrogen-bond donors (Lipinski definition) is 7. The van der Waals surface area contributed by atoms with Crippen LogP contribution >= 0.6 is 8.53 Å². The van der Waals surface area contributed by atoms with Gasteiger partial charge in [0, 0.05) is 61.9 Å². The molecule has 0 radical (unpaired) electrons. The smallest absolute Gasteiger partial charge is 0.307 e. The molecule has 129 heavy (non-hydrogen) atoms. The van der Waals surface area contributed by atoms with Gasteiger partial charge in [-0.3, -0.25) is 0 Å². The Hall–Kier alpha value is -5.42. The zero-order valence-corrected chi connectivity index (χ0v) is 73.3. The molecule has 30 atom stereocenters. The van der Waals surface area contributed by atoms with Crippen LogP contribution in [0.25, 0.3) is 0 Å². The first-order valence-corrected chi connectivity index (χ1v) is 43.7. The first kappa shape index (κ1) is 116. The second-order valence-electron chi connectivity index (χ2n) is 31.8. The Bertz CT molecular complexity index is 3600. The van der Waals surface area contributed by atoms with Crippen molar-refractivity contribution in [3.8, 4) is 6.07 Å². The van der Waals surface area contributed by atoms with Gasteiger partial charge < -0.3 is 111 Å². The van der Waals surface area contributed by atoms with E-state index in [4.69, 9.17) is 96.3 Å². The number of ether oxygens (including phenoxy) is 14. The van der Waals surface area contributed by atoms with Crippen LogP contribution < -0.4 is 0 Å². The van der Waals surface area contributed by atoms with Gasteiger partial charge in [-0.2, -0.15) is 14.0 Å². The number of aliphatic hydroxyl groups excluding tert-OH is 7. The van der Waals surface area contributed by atoms with Crippen molar-refractivity contribution >= 4 is 8.53 Å². The van der Waals surface area contributed by atoms with Crippen molar-refractivity contribution in [3.63, 3.8) is 0 Å². The maximum absolute atomic E-state index is 13.2. The van der Waals surface area contributed by atoms with Gasteiger partial charge >= 0.3 is 6.08 Å².